The highest BCUT2D eigenvalue weighted by Crippen LogP contribution is 2.26. The second kappa shape index (κ2) is 5.42. The van der Waals surface area contributed by atoms with Crippen LogP contribution < -0.4 is 11.0 Å². The Labute approximate surface area is 132 Å². The molecule has 1 aromatic heterocycles. The standard InChI is InChI=1S/C15H16N4O2S/c1-18-13(20)12(14(21)19(2)15(18)22)11-8-10(16-17-11)9-6-4-3-5-7-9/h3-7,10,16,20H,8H2,1-2H3/t10-/m1/s1. The van der Waals surface area contributed by atoms with Crippen molar-refractivity contribution < 1.29 is 5.11 Å². The Kier molecular flexibility index (Phi) is 3.58. The first-order valence-corrected chi connectivity index (χ1v) is 7.28. The summed E-state index contributed by atoms with van der Waals surface area (Å²) in [5.41, 5.74) is 4.51. The van der Waals surface area contributed by atoms with Gasteiger partial charge in [-0.05, 0) is 17.8 Å². The molecule has 2 N–H and O–H groups in total. The molecular weight excluding hydrogens is 300 g/mol. The Hall–Kier alpha value is -2.41. The average Bonchev–Trinajstić information content (AvgIpc) is 3.02. The Bertz CT molecular complexity index is 868. The molecule has 22 heavy (non-hydrogen) atoms. The molecule has 114 valence electrons. The van der Waals surface area contributed by atoms with E-state index in [0.717, 1.165) is 5.56 Å². The summed E-state index contributed by atoms with van der Waals surface area (Å²) in [6.07, 6.45) is 0.531. The molecule has 2 heterocycles. The van der Waals surface area contributed by atoms with Crippen molar-refractivity contribution in [1.82, 2.24) is 14.6 Å². The summed E-state index contributed by atoms with van der Waals surface area (Å²) in [6.45, 7) is 0. The van der Waals surface area contributed by atoms with Crippen LogP contribution in [-0.2, 0) is 14.1 Å². The van der Waals surface area contributed by atoms with Crippen LogP contribution in [0.2, 0.25) is 0 Å². The van der Waals surface area contributed by atoms with Crippen LogP contribution in [-0.4, -0.2) is 20.0 Å². The molecule has 6 nitrogen and oxygen atoms in total. The summed E-state index contributed by atoms with van der Waals surface area (Å²) in [5.74, 6) is -0.151. The highest BCUT2D eigenvalue weighted by atomic mass is 32.1. The van der Waals surface area contributed by atoms with Crippen molar-refractivity contribution in [1.29, 1.82) is 0 Å². The molecule has 0 saturated heterocycles. The van der Waals surface area contributed by atoms with Crippen molar-refractivity contribution in [2.75, 3.05) is 0 Å². The Morgan fingerprint density at radius 3 is 2.64 bits per heavy atom. The lowest BCUT2D eigenvalue weighted by Gasteiger charge is -2.12. The minimum atomic E-state index is -0.338. The molecule has 0 bridgehead atoms. The van der Waals surface area contributed by atoms with Crippen LogP contribution in [0.15, 0.2) is 40.2 Å². The van der Waals surface area contributed by atoms with E-state index in [4.69, 9.17) is 12.2 Å². The second-order valence-corrected chi connectivity index (χ2v) is 5.62. The van der Waals surface area contributed by atoms with Gasteiger partial charge in [0, 0.05) is 20.5 Å². The molecule has 1 aliphatic heterocycles. The maximum Gasteiger partial charge on any atom is 0.267 e. The van der Waals surface area contributed by atoms with Gasteiger partial charge in [-0.2, -0.15) is 5.10 Å². The van der Waals surface area contributed by atoms with Crippen LogP contribution in [0, 0.1) is 4.77 Å². The van der Waals surface area contributed by atoms with E-state index in [9.17, 15) is 9.90 Å². The van der Waals surface area contributed by atoms with Crippen LogP contribution in [0.1, 0.15) is 23.6 Å². The number of nitrogens with one attached hydrogen (secondary N) is 1. The zero-order valence-corrected chi connectivity index (χ0v) is 13.1. The van der Waals surface area contributed by atoms with Gasteiger partial charge >= 0.3 is 0 Å². The molecule has 0 unspecified atom stereocenters. The topological polar surface area (TPSA) is 71.6 Å². The number of hydrogen-bond acceptors (Lipinski definition) is 5. The van der Waals surface area contributed by atoms with E-state index in [2.05, 4.69) is 10.5 Å². The fraction of sp³-hybridized carbons (Fsp3) is 0.267. The third-order valence-corrected chi connectivity index (χ3v) is 4.42. The summed E-state index contributed by atoms with van der Waals surface area (Å²) in [6, 6.07) is 9.86. The smallest absolute Gasteiger partial charge is 0.267 e. The Morgan fingerprint density at radius 1 is 1.27 bits per heavy atom. The number of aromatic nitrogens is 2. The van der Waals surface area contributed by atoms with Crippen LogP contribution >= 0.6 is 12.2 Å². The fourth-order valence-electron chi connectivity index (χ4n) is 2.56. The van der Waals surface area contributed by atoms with Gasteiger partial charge in [-0.25, -0.2) is 0 Å². The van der Waals surface area contributed by atoms with Gasteiger partial charge in [-0.15, -0.1) is 0 Å². The van der Waals surface area contributed by atoms with Crippen molar-refractivity contribution in [3.63, 3.8) is 0 Å². The second-order valence-electron chi connectivity index (χ2n) is 5.26. The molecule has 0 fully saturated rings. The van der Waals surface area contributed by atoms with Crippen LogP contribution in [0.4, 0.5) is 0 Å². The lowest BCUT2D eigenvalue weighted by atomic mass is 10.0. The highest BCUT2D eigenvalue weighted by molar-refractivity contribution is 7.71. The molecule has 1 atom stereocenters. The van der Waals surface area contributed by atoms with E-state index < -0.39 is 0 Å². The molecule has 0 saturated carbocycles. The number of nitrogens with zero attached hydrogens (tertiary/aromatic N) is 3. The molecule has 1 aromatic carbocycles. The third kappa shape index (κ3) is 2.23. The summed E-state index contributed by atoms with van der Waals surface area (Å²) in [5, 5.41) is 14.5. The zero-order valence-electron chi connectivity index (χ0n) is 12.3. The number of benzene rings is 1. The van der Waals surface area contributed by atoms with Crippen molar-refractivity contribution in [3.8, 4) is 5.88 Å². The molecule has 1 aliphatic rings. The minimum absolute atomic E-state index is 0.00575. The summed E-state index contributed by atoms with van der Waals surface area (Å²) < 4.78 is 3.00. The molecule has 0 aliphatic carbocycles. The van der Waals surface area contributed by atoms with E-state index in [0.29, 0.717) is 12.1 Å². The van der Waals surface area contributed by atoms with Gasteiger partial charge in [-0.1, -0.05) is 30.3 Å². The number of hydrazone groups is 1. The van der Waals surface area contributed by atoms with E-state index >= 15 is 0 Å². The van der Waals surface area contributed by atoms with E-state index in [1.54, 1.807) is 14.1 Å². The largest absolute Gasteiger partial charge is 0.494 e. The van der Waals surface area contributed by atoms with E-state index in [-0.39, 0.29) is 27.8 Å². The van der Waals surface area contributed by atoms with Gasteiger partial charge in [0.25, 0.3) is 5.56 Å². The molecule has 0 spiro atoms. The first kappa shape index (κ1) is 14.5. The predicted molar refractivity (Wildman–Crippen MR) is 86.6 cm³/mol. The van der Waals surface area contributed by atoms with Gasteiger partial charge in [0.1, 0.15) is 5.56 Å². The van der Waals surface area contributed by atoms with Crippen molar-refractivity contribution >= 4 is 17.9 Å². The lowest BCUT2D eigenvalue weighted by molar-refractivity contribution is 0.414. The monoisotopic (exact) mass is 316 g/mol. The molecule has 0 amide bonds. The first-order valence-electron chi connectivity index (χ1n) is 6.87. The normalized spacial score (nSPS) is 17.2. The SMILES string of the molecule is Cn1c(O)c(C2=NN[C@@H](c3ccccc3)C2)c(=O)n(C)c1=S. The fourth-order valence-corrected chi connectivity index (χ4v) is 2.73. The highest BCUT2D eigenvalue weighted by Gasteiger charge is 2.26. The first-order chi connectivity index (χ1) is 10.5. The maximum absolute atomic E-state index is 12.4. The molecule has 2 aromatic rings. The number of hydrogen-bond donors (Lipinski definition) is 2. The summed E-state index contributed by atoms with van der Waals surface area (Å²) in [7, 11) is 3.21. The zero-order chi connectivity index (χ0) is 15.9. The van der Waals surface area contributed by atoms with Gasteiger partial charge < -0.3 is 10.5 Å². The van der Waals surface area contributed by atoms with Gasteiger partial charge in [0.2, 0.25) is 5.88 Å². The minimum Gasteiger partial charge on any atom is -0.494 e. The quantitative estimate of drug-likeness (QED) is 0.826. The van der Waals surface area contributed by atoms with Crippen molar-refractivity contribution in [2.24, 2.45) is 19.2 Å². The van der Waals surface area contributed by atoms with Crippen LogP contribution in [0.3, 0.4) is 0 Å². The molecule has 7 heteroatoms. The van der Waals surface area contributed by atoms with Crippen molar-refractivity contribution in [3.05, 3.63) is 56.6 Å². The summed E-state index contributed by atoms with van der Waals surface area (Å²) in [4.78, 5) is 12.4. The van der Waals surface area contributed by atoms with Crippen LogP contribution in [0.5, 0.6) is 5.88 Å². The predicted octanol–water partition coefficient (Wildman–Crippen LogP) is 1.60. The number of rotatable bonds is 2. The molecule has 0 radical (unpaired) electrons. The molecule has 3 rings (SSSR count). The van der Waals surface area contributed by atoms with Crippen molar-refractivity contribution in [2.45, 2.75) is 12.5 Å². The van der Waals surface area contributed by atoms with E-state index in [1.165, 1.54) is 9.13 Å². The Morgan fingerprint density at radius 2 is 1.95 bits per heavy atom. The molecular formula is C15H16N4O2S. The number of aromatic hydroxyl groups is 1. The van der Waals surface area contributed by atoms with Gasteiger partial charge in [0.15, 0.2) is 4.77 Å². The third-order valence-electron chi connectivity index (χ3n) is 3.88. The van der Waals surface area contributed by atoms with E-state index in [1.807, 2.05) is 30.3 Å². The van der Waals surface area contributed by atoms with Gasteiger partial charge in [0.05, 0.1) is 11.8 Å². The summed E-state index contributed by atoms with van der Waals surface area (Å²) >= 11 is 5.11. The van der Waals surface area contributed by atoms with Crippen LogP contribution in [0.25, 0.3) is 0 Å². The van der Waals surface area contributed by atoms with Gasteiger partial charge in [-0.3, -0.25) is 13.9 Å². The average molecular weight is 316 g/mol. The Balaban J connectivity index is 2.01. The lowest BCUT2D eigenvalue weighted by Crippen LogP contribution is -2.28. The maximum atomic E-state index is 12.4.